The molecule has 2 aliphatic heterocycles. The Hall–Kier alpha value is -4.25. The Morgan fingerprint density at radius 1 is 1.12 bits per heavy atom. The minimum atomic E-state index is -1.11. The number of fused-ring (bicyclic) bond motifs is 3. The lowest BCUT2D eigenvalue weighted by atomic mass is 9.86. The molecule has 210 valence electrons. The molecule has 0 radical (unpaired) electrons. The fraction of sp³-hybridized carbons (Fsp3) is 0.433. The van der Waals surface area contributed by atoms with Gasteiger partial charge in [-0.25, -0.2) is 24.9 Å². The van der Waals surface area contributed by atoms with Crippen LogP contribution < -0.4 is 4.90 Å². The van der Waals surface area contributed by atoms with Gasteiger partial charge in [-0.2, -0.15) is 0 Å². The van der Waals surface area contributed by atoms with Crippen molar-refractivity contribution in [2.75, 3.05) is 18.0 Å². The minimum absolute atomic E-state index is 0.00748. The Balaban J connectivity index is 1.39. The number of benzene rings is 1. The average Bonchev–Trinajstić information content (AvgIpc) is 3.56. The molecule has 0 unspecified atom stereocenters. The maximum absolute atomic E-state index is 14.3. The summed E-state index contributed by atoms with van der Waals surface area (Å²) in [5.41, 5.74) is 2.77. The molecule has 5 heterocycles. The molecular formula is C30H32N8O3. The first kappa shape index (κ1) is 25.7. The van der Waals surface area contributed by atoms with Crippen LogP contribution in [0.15, 0.2) is 36.9 Å². The Kier molecular flexibility index (Phi) is 5.56. The summed E-state index contributed by atoms with van der Waals surface area (Å²) < 4.78 is 1.89. The number of hydrogen-bond donors (Lipinski definition) is 1. The van der Waals surface area contributed by atoms with E-state index in [-0.39, 0.29) is 24.3 Å². The smallest absolute Gasteiger partial charge is 0.257 e. The van der Waals surface area contributed by atoms with Crippen molar-refractivity contribution in [3.63, 3.8) is 0 Å². The van der Waals surface area contributed by atoms with E-state index in [2.05, 4.69) is 19.9 Å². The maximum Gasteiger partial charge on any atom is 0.257 e. The van der Waals surface area contributed by atoms with Crippen LogP contribution in [-0.4, -0.2) is 70.0 Å². The summed E-state index contributed by atoms with van der Waals surface area (Å²) in [6.45, 7) is 5.89. The maximum atomic E-state index is 14.3. The SMILES string of the molecule is Cc1ncc(-c2nc3c(-c4ccc5c(c4)[C@]4(CCCN4C(=O)C4CC4)C(=O)N5CC(C)(C)O)ncnc3n2C)cn1. The zero-order chi connectivity index (χ0) is 28.7. The Morgan fingerprint density at radius 2 is 1.88 bits per heavy atom. The number of rotatable bonds is 5. The van der Waals surface area contributed by atoms with Gasteiger partial charge in [-0.05, 0) is 58.6 Å². The molecule has 11 nitrogen and oxygen atoms in total. The topological polar surface area (TPSA) is 130 Å². The third kappa shape index (κ3) is 3.93. The Labute approximate surface area is 237 Å². The summed E-state index contributed by atoms with van der Waals surface area (Å²) in [7, 11) is 1.89. The second-order valence-corrected chi connectivity index (χ2v) is 12.1. The number of carbonyl (C=O) groups is 2. The van der Waals surface area contributed by atoms with Crippen LogP contribution in [-0.2, 0) is 22.2 Å². The lowest BCUT2D eigenvalue weighted by Crippen LogP contribution is -2.54. The van der Waals surface area contributed by atoms with Crippen LogP contribution >= 0.6 is 0 Å². The normalized spacial score (nSPS) is 20.5. The lowest BCUT2D eigenvalue weighted by Gasteiger charge is -2.35. The Morgan fingerprint density at radius 3 is 2.59 bits per heavy atom. The number of hydrogen-bond acceptors (Lipinski definition) is 8. The van der Waals surface area contributed by atoms with E-state index in [0.29, 0.717) is 41.5 Å². The van der Waals surface area contributed by atoms with E-state index >= 15 is 0 Å². The highest BCUT2D eigenvalue weighted by Gasteiger charge is 2.60. The lowest BCUT2D eigenvalue weighted by molar-refractivity contribution is -0.144. The predicted octanol–water partition coefficient (Wildman–Crippen LogP) is 3.14. The second-order valence-electron chi connectivity index (χ2n) is 12.1. The van der Waals surface area contributed by atoms with Gasteiger partial charge in [0.05, 0.1) is 17.7 Å². The van der Waals surface area contributed by atoms with Gasteiger partial charge in [-0.1, -0.05) is 6.07 Å². The van der Waals surface area contributed by atoms with Crippen LogP contribution in [0.4, 0.5) is 5.69 Å². The first-order valence-corrected chi connectivity index (χ1v) is 14.1. The summed E-state index contributed by atoms with van der Waals surface area (Å²) in [6, 6.07) is 5.82. The third-order valence-corrected chi connectivity index (χ3v) is 8.42. The van der Waals surface area contributed by atoms with Crippen molar-refractivity contribution in [2.45, 2.75) is 57.6 Å². The van der Waals surface area contributed by atoms with Crippen molar-refractivity contribution in [2.24, 2.45) is 13.0 Å². The van der Waals surface area contributed by atoms with Crippen LogP contribution in [0.2, 0.25) is 0 Å². The molecule has 2 fully saturated rings. The van der Waals surface area contributed by atoms with Crippen molar-refractivity contribution >= 4 is 28.7 Å². The Bertz CT molecular complexity index is 1720. The average molecular weight is 553 g/mol. The summed E-state index contributed by atoms with van der Waals surface area (Å²) in [4.78, 5) is 53.9. The van der Waals surface area contributed by atoms with E-state index in [1.807, 2.05) is 41.6 Å². The number of amides is 2. The van der Waals surface area contributed by atoms with Gasteiger partial charge in [0.1, 0.15) is 34.7 Å². The number of β-amino-alcohol motifs (C(OH)–C–C–N with tert-alkyl or cyclic N) is 1. The van der Waals surface area contributed by atoms with Gasteiger partial charge in [0, 0.05) is 48.7 Å². The molecule has 41 heavy (non-hydrogen) atoms. The highest BCUT2D eigenvalue weighted by molar-refractivity contribution is 6.10. The van der Waals surface area contributed by atoms with Crippen LogP contribution in [0, 0.1) is 12.8 Å². The number of nitrogens with zero attached hydrogens (tertiary/aromatic N) is 8. The molecule has 3 aliphatic rings. The number of imidazole rings is 1. The minimum Gasteiger partial charge on any atom is -0.389 e. The van der Waals surface area contributed by atoms with Gasteiger partial charge >= 0.3 is 0 Å². The van der Waals surface area contributed by atoms with Crippen molar-refractivity contribution < 1.29 is 14.7 Å². The molecule has 1 aliphatic carbocycles. The molecule has 1 atom stereocenters. The standard InChI is InChI=1S/C30H32N8O3/c1-17-31-13-20(14-32-17)25-35-24-23(33-16-34-26(24)36(25)4)19-8-9-22-21(12-19)30(28(40)37(22)15-29(2,3)41)10-5-11-38(30)27(39)18-6-7-18/h8-9,12-14,16,18,41H,5-7,10-11,15H2,1-4H3/t30-/m1/s1. The number of carbonyl (C=O) groups excluding carboxylic acids is 2. The van der Waals surface area contributed by atoms with Gasteiger partial charge in [-0.15, -0.1) is 0 Å². The monoisotopic (exact) mass is 552 g/mol. The van der Waals surface area contributed by atoms with Crippen molar-refractivity contribution in [1.82, 2.24) is 34.4 Å². The first-order valence-electron chi connectivity index (χ1n) is 14.1. The molecule has 2 amide bonds. The summed E-state index contributed by atoms with van der Waals surface area (Å²) in [5, 5.41) is 10.7. The van der Waals surface area contributed by atoms with Crippen LogP contribution in [0.3, 0.4) is 0 Å². The van der Waals surface area contributed by atoms with Crippen molar-refractivity contribution in [3.8, 4) is 22.6 Å². The summed E-state index contributed by atoms with van der Waals surface area (Å²) in [6.07, 6.45) is 8.02. The molecule has 4 aromatic rings. The van der Waals surface area contributed by atoms with E-state index in [1.165, 1.54) is 6.33 Å². The predicted molar refractivity (Wildman–Crippen MR) is 152 cm³/mol. The fourth-order valence-corrected chi connectivity index (χ4v) is 6.39. The van der Waals surface area contributed by atoms with Crippen LogP contribution in [0.5, 0.6) is 0 Å². The second kappa shape index (κ2) is 8.87. The van der Waals surface area contributed by atoms with E-state index in [0.717, 1.165) is 41.6 Å². The van der Waals surface area contributed by atoms with Crippen LogP contribution in [0.1, 0.15) is 50.9 Å². The molecule has 1 aromatic carbocycles. The zero-order valence-electron chi connectivity index (χ0n) is 23.6. The van der Waals surface area contributed by atoms with Gasteiger partial charge in [0.25, 0.3) is 5.91 Å². The summed E-state index contributed by atoms with van der Waals surface area (Å²) in [5.74, 6) is 1.24. The van der Waals surface area contributed by atoms with Gasteiger partial charge in [-0.3, -0.25) is 9.59 Å². The van der Waals surface area contributed by atoms with Gasteiger partial charge in [0.15, 0.2) is 5.65 Å². The van der Waals surface area contributed by atoms with Crippen molar-refractivity contribution in [1.29, 1.82) is 0 Å². The highest BCUT2D eigenvalue weighted by atomic mass is 16.3. The quantitative estimate of drug-likeness (QED) is 0.400. The zero-order valence-corrected chi connectivity index (χ0v) is 23.6. The molecule has 0 bridgehead atoms. The third-order valence-electron chi connectivity index (χ3n) is 8.42. The number of aryl methyl sites for hydroxylation is 2. The van der Waals surface area contributed by atoms with E-state index in [4.69, 9.17) is 4.98 Å². The van der Waals surface area contributed by atoms with E-state index in [1.54, 1.807) is 31.1 Å². The first-order chi connectivity index (χ1) is 19.6. The molecule has 11 heteroatoms. The van der Waals surface area contributed by atoms with Gasteiger partial charge in [0.2, 0.25) is 5.91 Å². The van der Waals surface area contributed by atoms with Crippen molar-refractivity contribution in [3.05, 3.63) is 48.3 Å². The number of aliphatic hydroxyl groups is 1. The fourth-order valence-electron chi connectivity index (χ4n) is 6.39. The van der Waals surface area contributed by atoms with Crippen LogP contribution in [0.25, 0.3) is 33.8 Å². The number of likely N-dealkylation sites (tertiary alicyclic amines) is 1. The summed E-state index contributed by atoms with van der Waals surface area (Å²) >= 11 is 0. The molecule has 1 saturated heterocycles. The molecular weight excluding hydrogens is 520 g/mol. The molecule has 1 N–H and O–H groups in total. The van der Waals surface area contributed by atoms with E-state index in [9.17, 15) is 14.7 Å². The highest BCUT2D eigenvalue weighted by Crippen LogP contribution is 2.52. The largest absolute Gasteiger partial charge is 0.389 e. The molecule has 1 saturated carbocycles. The molecule has 7 rings (SSSR count). The molecule has 1 spiro atoms. The van der Waals surface area contributed by atoms with Gasteiger partial charge < -0.3 is 19.5 Å². The molecule has 3 aromatic heterocycles. The van der Waals surface area contributed by atoms with E-state index < -0.39 is 11.1 Å². The number of anilines is 1. The number of aromatic nitrogens is 6.